The molecule has 0 bridgehead atoms. The maximum absolute atomic E-state index is 12.7. The Morgan fingerprint density at radius 2 is 1.77 bits per heavy atom. The number of fused-ring (bicyclic) bond motifs is 1. The first-order valence-electron chi connectivity index (χ1n) is 7.32. The number of nitro benzene ring substituents is 1. The van der Waals surface area contributed by atoms with E-state index in [1.54, 1.807) is 0 Å². The molecule has 0 unspecified atom stereocenters. The normalized spacial score (nSPS) is 12.0. The molecule has 3 aromatic rings. The van der Waals surface area contributed by atoms with Gasteiger partial charge in [-0.1, -0.05) is 12.1 Å². The molecule has 0 fully saturated rings. The van der Waals surface area contributed by atoms with Crippen LogP contribution in [0.2, 0.25) is 0 Å². The van der Waals surface area contributed by atoms with Gasteiger partial charge in [0.1, 0.15) is 5.58 Å². The minimum absolute atomic E-state index is 0.0353. The number of nitrogens with zero attached hydrogens (tertiary/aromatic N) is 1. The van der Waals surface area contributed by atoms with E-state index in [2.05, 4.69) is 0 Å². The number of allylic oxidation sites excluding steroid dienone is 1. The Morgan fingerprint density at radius 3 is 2.38 bits per heavy atom. The van der Waals surface area contributed by atoms with Crippen molar-refractivity contribution in [3.05, 3.63) is 81.6 Å². The van der Waals surface area contributed by atoms with Crippen molar-refractivity contribution in [1.82, 2.24) is 0 Å². The van der Waals surface area contributed by atoms with Crippen LogP contribution in [-0.4, -0.2) is 10.7 Å². The van der Waals surface area contributed by atoms with Crippen molar-refractivity contribution < 1.29 is 27.3 Å². The molecule has 1 heterocycles. The number of rotatable bonds is 4. The molecule has 0 aliphatic carbocycles. The maximum atomic E-state index is 12.7. The van der Waals surface area contributed by atoms with Crippen LogP contribution in [0.4, 0.5) is 18.9 Å². The Balaban J connectivity index is 1.82. The number of halogens is 3. The molecular weight excluding hydrogens is 351 g/mol. The van der Waals surface area contributed by atoms with Gasteiger partial charge in [0.25, 0.3) is 5.69 Å². The quantitative estimate of drug-likeness (QED) is 0.275. The number of ketones is 1. The third-order valence-electron chi connectivity index (χ3n) is 3.62. The first-order valence-corrected chi connectivity index (χ1v) is 7.32. The number of non-ortho nitro benzene ring substituents is 1. The molecule has 1 aromatic heterocycles. The van der Waals surface area contributed by atoms with Gasteiger partial charge in [-0.15, -0.1) is 0 Å². The Bertz CT molecular complexity index is 1020. The Hall–Kier alpha value is -3.42. The van der Waals surface area contributed by atoms with Crippen LogP contribution in [-0.2, 0) is 6.18 Å². The second-order valence-electron chi connectivity index (χ2n) is 5.41. The summed E-state index contributed by atoms with van der Waals surface area (Å²) in [5, 5.41) is 11.0. The third kappa shape index (κ3) is 3.64. The van der Waals surface area contributed by atoms with E-state index in [9.17, 15) is 28.1 Å². The van der Waals surface area contributed by atoms with E-state index in [1.807, 2.05) is 0 Å². The van der Waals surface area contributed by atoms with Crippen LogP contribution in [0, 0.1) is 10.1 Å². The average molecular weight is 361 g/mol. The van der Waals surface area contributed by atoms with Gasteiger partial charge in [-0.3, -0.25) is 14.9 Å². The molecule has 0 saturated heterocycles. The molecule has 2 aromatic carbocycles. The fraction of sp³-hybridized carbons (Fsp3) is 0.0556. The van der Waals surface area contributed by atoms with Gasteiger partial charge in [0.2, 0.25) is 5.78 Å². The Morgan fingerprint density at radius 1 is 1.08 bits per heavy atom. The van der Waals surface area contributed by atoms with E-state index >= 15 is 0 Å². The fourth-order valence-electron chi connectivity index (χ4n) is 2.29. The zero-order chi connectivity index (χ0) is 18.9. The molecule has 8 heteroatoms. The summed E-state index contributed by atoms with van der Waals surface area (Å²) in [6, 6.07) is 9.88. The second kappa shape index (κ2) is 6.47. The fourth-order valence-corrected chi connectivity index (χ4v) is 2.29. The lowest BCUT2D eigenvalue weighted by Gasteiger charge is -2.04. The molecule has 3 rings (SSSR count). The number of alkyl halides is 3. The Kier molecular flexibility index (Phi) is 4.33. The van der Waals surface area contributed by atoms with Crippen molar-refractivity contribution in [1.29, 1.82) is 0 Å². The first-order chi connectivity index (χ1) is 12.2. The van der Waals surface area contributed by atoms with Gasteiger partial charge < -0.3 is 4.42 Å². The second-order valence-corrected chi connectivity index (χ2v) is 5.41. The van der Waals surface area contributed by atoms with E-state index < -0.39 is 22.4 Å². The summed E-state index contributed by atoms with van der Waals surface area (Å²) in [6.07, 6.45) is -1.88. The highest BCUT2D eigenvalue weighted by Gasteiger charge is 2.31. The number of benzene rings is 2. The molecule has 0 N–H and O–H groups in total. The van der Waals surface area contributed by atoms with Crippen molar-refractivity contribution >= 4 is 28.5 Å². The molecular formula is C18H10F3NO4. The lowest BCUT2D eigenvalue weighted by Crippen LogP contribution is -2.03. The van der Waals surface area contributed by atoms with Gasteiger partial charge >= 0.3 is 6.18 Å². The van der Waals surface area contributed by atoms with Gasteiger partial charge in [-0.05, 0) is 42.0 Å². The highest BCUT2D eigenvalue weighted by molar-refractivity contribution is 6.07. The lowest BCUT2D eigenvalue weighted by molar-refractivity contribution is -0.384. The summed E-state index contributed by atoms with van der Waals surface area (Å²) in [7, 11) is 0. The highest BCUT2D eigenvalue weighted by Crippen LogP contribution is 2.32. The zero-order valence-electron chi connectivity index (χ0n) is 13.0. The van der Waals surface area contributed by atoms with Crippen molar-refractivity contribution in [3.8, 4) is 0 Å². The van der Waals surface area contributed by atoms with Gasteiger partial charge in [-0.2, -0.15) is 13.2 Å². The summed E-state index contributed by atoms with van der Waals surface area (Å²) in [5.41, 5.74) is -0.419. The minimum atomic E-state index is -4.50. The number of furan rings is 1. The van der Waals surface area contributed by atoms with Crippen LogP contribution in [0.15, 0.2) is 59.0 Å². The van der Waals surface area contributed by atoms with Gasteiger partial charge in [0.15, 0.2) is 5.76 Å². The van der Waals surface area contributed by atoms with Crippen LogP contribution < -0.4 is 0 Å². The molecule has 0 spiro atoms. The van der Waals surface area contributed by atoms with E-state index in [1.165, 1.54) is 48.6 Å². The van der Waals surface area contributed by atoms with Crippen molar-refractivity contribution in [2.45, 2.75) is 6.18 Å². The number of carbonyl (C=O) groups excluding carboxylic acids is 1. The molecule has 0 saturated carbocycles. The molecule has 0 aliphatic heterocycles. The summed E-state index contributed by atoms with van der Waals surface area (Å²) >= 11 is 0. The SMILES string of the molecule is O=C(C=Cc1ccc([N+](=O)[O-])cc1)c1cc2ccc(C(F)(F)F)cc2o1. The zero-order valence-corrected chi connectivity index (χ0v) is 13.0. The number of nitro groups is 1. The first kappa shape index (κ1) is 17.4. The van der Waals surface area contributed by atoms with Crippen LogP contribution in [0.3, 0.4) is 0 Å². The predicted molar refractivity (Wildman–Crippen MR) is 87.7 cm³/mol. The molecule has 26 heavy (non-hydrogen) atoms. The van der Waals surface area contributed by atoms with E-state index in [0.29, 0.717) is 10.9 Å². The number of carbonyl (C=O) groups is 1. The van der Waals surface area contributed by atoms with Crippen LogP contribution in [0.25, 0.3) is 17.0 Å². The summed E-state index contributed by atoms with van der Waals surface area (Å²) in [6.45, 7) is 0. The number of hydrogen-bond donors (Lipinski definition) is 0. The van der Waals surface area contributed by atoms with Crippen molar-refractivity contribution in [3.63, 3.8) is 0 Å². The Labute approximate surface area is 144 Å². The van der Waals surface area contributed by atoms with Gasteiger partial charge in [0, 0.05) is 17.5 Å². The van der Waals surface area contributed by atoms with Crippen molar-refractivity contribution in [2.24, 2.45) is 0 Å². The van der Waals surface area contributed by atoms with Crippen LogP contribution in [0.5, 0.6) is 0 Å². The van der Waals surface area contributed by atoms with Crippen LogP contribution >= 0.6 is 0 Å². The highest BCUT2D eigenvalue weighted by atomic mass is 19.4. The summed E-state index contributed by atoms with van der Waals surface area (Å²) in [4.78, 5) is 22.2. The standard InChI is InChI=1S/C18H10F3NO4/c19-18(20,21)13-5-4-12-9-17(26-16(12)10-13)15(23)8-3-11-1-6-14(7-2-11)22(24)25/h1-10H. The smallest absolute Gasteiger partial charge is 0.416 e. The predicted octanol–water partition coefficient (Wildman–Crippen LogP) is 5.26. The van der Waals surface area contributed by atoms with Gasteiger partial charge in [0.05, 0.1) is 10.5 Å². The summed E-state index contributed by atoms with van der Waals surface area (Å²) in [5.74, 6) is -0.634. The van der Waals surface area contributed by atoms with Crippen LogP contribution in [0.1, 0.15) is 21.7 Å². The average Bonchev–Trinajstić information content (AvgIpc) is 3.02. The van der Waals surface area contributed by atoms with Crippen molar-refractivity contribution in [2.75, 3.05) is 0 Å². The van der Waals surface area contributed by atoms with E-state index in [0.717, 1.165) is 12.1 Å². The van der Waals surface area contributed by atoms with E-state index in [4.69, 9.17) is 4.42 Å². The topological polar surface area (TPSA) is 73.3 Å². The lowest BCUT2D eigenvalue weighted by atomic mass is 10.1. The largest absolute Gasteiger partial charge is 0.453 e. The minimum Gasteiger partial charge on any atom is -0.453 e. The molecule has 0 aliphatic rings. The molecule has 5 nitrogen and oxygen atoms in total. The monoisotopic (exact) mass is 361 g/mol. The molecule has 132 valence electrons. The summed E-state index contributed by atoms with van der Waals surface area (Å²) < 4.78 is 43.3. The molecule has 0 radical (unpaired) electrons. The third-order valence-corrected chi connectivity index (χ3v) is 3.62. The van der Waals surface area contributed by atoms with E-state index in [-0.39, 0.29) is 17.0 Å². The maximum Gasteiger partial charge on any atom is 0.416 e. The molecule has 0 atom stereocenters. The molecule has 0 amide bonds. The number of hydrogen-bond acceptors (Lipinski definition) is 4. The van der Waals surface area contributed by atoms with Gasteiger partial charge in [-0.25, -0.2) is 0 Å².